The number of ether oxygens (including phenoxy) is 2. The Morgan fingerprint density at radius 2 is 1.41 bits per heavy atom. The molecule has 8 nitrogen and oxygen atoms in total. The van der Waals surface area contributed by atoms with Gasteiger partial charge in [0.1, 0.15) is 9.75 Å². The molecule has 2 aromatic heterocycles. The van der Waals surface area contributed by atoms with E-state index in [1.54, 1.807) is 42.5 Å². The molecule has 6 rings (SSSR count). The first-order valence-electron chi connectivity index (χ1n) is 13.9. The molecule has 2 amide bonds. The van der Waals surface area contributed by atoms with Crippen LogP contribution in [0.4, 0.5) is 5.69 Å². The molecule has 0 saturated heterocycles. The van der Waals surface area contributed by atoms with E-state index in [9.17, 15) is 14.4 Å². The molecule has 0 aliphatic rings. The van der Waals surface area contributed by atoms with Gasteiger partial charge in [0, 0.05) is 31.4 Å². The summed E-state index contributed by atoms with van der Waals surface area (Å²) in [4.78, 5) is 39.2. The lowest BCUT2D eigenvalue weighted by Crippen LogP contribution is -2.17. The number of hydrogen-bond acceptors (Lipinski definition) is 8. The normalized spacial score (nSPS) is 11.2. The fourth-order valence-electron chi connectivity index (χ4n) is 4.53. The summed E-state index contributed by atoms with van der Waals surface area (Å²) in [5.41, 5.74) is 3.93. The molecule has 0 unspecified atom stereocenters. The smallest absolute Gasteiger partial charge is 0.355 e. The fraction of sp³-hybridized carbons (Fsp3) is 0.0588. The van der Waals surface area contributed by atoms with Crippen LogP contribution in [-0.2, 0) is 0 Å². The number of benzene rings is 4. The molecule has 0 bridgehead atoms. The van der Waals surface area contributed by atoms with Crippen LogP contribution in [0.15, 0.2) is 96.1 Å². The highest BCUT2D eigenvalue weighted by Gasteiger charge is 2.21. The Kier molecular flexibility index (Phi) is 9.32. The Hall–Kier alpha value is -4.74. The number of rotatable bonds is 9. The number of carbonyl (C=O) groups is 3. The fourth-order valence-corrected chi connectivity index (χ4v) is 7.33. The summed E-state index contributed by atoms with van der Waals surface area (Å²) < 4.78 is 13.1. The molecule has 0 fully saturated rings. The molecule has 0 radical (unpaired) electrons. The van der Waals surface area contributed by atoms with Crippen LogP contribution < -0.4 is 20.2 Å². The van der Waals surface area contributed by atoms with E-state index in [1.165, 1.54) is 28.9 Å². The number of carbonyl (C=O) groups excluding carboxylic acids is 3. The molecule has 0 atom stereocenters. The number of amides is 2. The number of thiophene rings is 2. The lowest BCUT2D eigenvalue weighted by Gasteiger charge is -2.11. The lowest BCUT2D eigenvalue weighted by atomic mass is 10.2. The number of esters is 1. The van der Waals surface area contributed by atoms with Crippen LogP contribution in [-0.4, -0.2) is 30.6 Å². The monoisotopic (exact) mass is 687 g/mol. The maximum Gasteiger partial charge on any atom is 0.355 e. The summed E-state index contributed by atoms with van der Waals surface area (Å²) in [6.07, 6.45) is 1.44. The first-order chi connectivity index (χ1) is 22.3. The van der Waals surface area contributed by atoms with Gasteiger partial charge in [0.2, 0.25) is 0 Å². The van der Waals surface area contributed by atoms with E-state index >= 15 is 0 Å². The van der Waals surface area contributed by atoms with Gasteiger partial charge in [-0.25, -0.2) is 10.2 Å². The van der Waals surface area contributed by atoms with Crippen LogP contribution in [0.5, 0.6) is 11.5 Å². The van der Waals surface area contributed by atoms with Crippen LogP contribution in [0.25, 0.3) is 20.2 Å². The highest BCUT2D eigenvalue weighted by Crippen LogP contribution is 2.37. The number of halogens is 2. The Labute approximate surface area is 281 Å². The molecule has 0 aliphatic heterocycles. The summed E-state index contributed by atoms with van der Waals surface area (Å²) in [6.45, 7) is 2.14. The van der Waals surface area contributed by atoms with Crippen molar-refractivity contribution in [3.63, 3.8) is 0 Å². The van der Waals surface area contributed by atoms with E-state index in [2.05, 4.69) is 15.8 Å². The van der Waals surface area contributed by atoms with Gasteiger partial charge < -0.3 is 14.8 Å². The topological polar surface area (TPSA) is 106 Å². The predicted octanol–water partition coefficient (Wildman–Crippen LogP) is 9.06. The van der Waals surface area contributed by atoms with Gasteiger partial charge >= 0.3 is 5.97 Å². The second-order valence-electron chi connectivity index (χ2n) is 9.74. The van der Waals surface area contributed by atoms with Crippen molar-refractivity contribution in [2.24, 2.45) is 5.10 Å². The minimum atomic E-state index is -0.588. The van der Waals surface area contributed by atoms with Gasteiger partial charge in [0.25, 0.3) is 11.8 Å². The van der Waals surface area contributed by atoms with E-state index in [-0.39, 0.29) is 11.7 Å². The average molecular weight is 689 g/mol. The number of nitrogens with zero attached hydrogens (tertiary/aromatic N) is 1. The SMILES string of the molecule is CCOc1cc(/C=N\NC(=O)c2ccc(NC(=O)c3sc4ccccc4c3Cl)cc2)ccc1OC(=O)c1sc2ccccc2c1Cl. The summed E-state index contributed by atoms with van der Waals surface area (Å²) in [7, 11) is 0. The number of hydrazone groups is 1. The van der Waals surface area contributed by atoms with Gasteiger partial charge in [0.05, 0.1) is 22.9 Å². The first-order valence-corrected chi connectivity index (χ1v) is 16.3. The second kappa shape index (κ2) is 13.7. The third-order valence-corrected chi connectivity index (χ3v) is 10.0. The number of anilines is 1. The van der Waals surface area contributed by atoms with Gasteiger partial charge in [-0.05, 0) is 67.1 Å². The predicted molar refractivity (Wildman–Crippen MR) is 186 cm³/mol. The molecule has 46 heavy (non-hydrogen) atoms. The van der Waals surface area contributed by atoms with E-state index in [4.69, 9.17) is 32.7 Å². The highest BCUT2D eigenvalue weighted by atomic mass is 35.5. The molecule has 0 spiro atoms. The summed E-state index contributed by atoms with van der Waals surface area (Å²) in [6, 6.07) is 26.3. The molecule has 12 heteroatoms. The Morgan fingerprint density at radius 3 is 2.07 bits per heavy atom. The maximum absolute atomic E-state index is 13.0. The van der Waals surface area contributed by atoms with Crippen molar-refractivity contribution in [1.29, 1.82) is 0 Å². The van der Waals surface area contributed by atoms with Crippen molar-refractivity contribution in [3.8, 4) is 11.5 Å². The first kappa shape index (κ1) is 31.3. The molecule has 0 aliphatic carbocycles. The molecular formula is C34H23Cl2N3O5S2. The highest BCUT2D eigenvalue weighted by molar-refractivity contribution is 7.22. The second-order valence-corrected chi connectivity index (χ2v) is 12.6. The molecule has 230 valence electrons. The van der Waals surface area contributed by atoms with Crippen molar-refractivity contribution in [2.45, 2.75) is 6.92 Å². The molecule has 2 heterocycles. The van der Waals surface area contributed by atoms with E-state index in [0.29, 0.717) is 49.0 Å². The molecule has 6 aromatic rings. The summed E-state index contributed by atoms with van der Waals surface area (Å²) in [5, 5.41) is 9.24. The van der Waals surface area contributed by atoms with Crippen LogP contribution in [0.3, 0.4) is 0 Å². The van der Waals surface area contributed by atoms with Crippen LogP contribution >= 0.6 is 45.9 Å². The van der Waals surface area contributed by atoms with Gasteiger partial charge in [0.15, 0.2) is 11.5 Å². The third kappa shape index (κ3) is 6.61. The summed E-state index contributed by atoms with van der Waals surface area (Å²) >= 11 is 15.4. The standard InChI is InChI=1S/C34H23Cl2N3O5S2/c1-2-43-25-17-19(11-16-24(25)44-34(42)31-29(36)23-8-4-6-10-27(23)46-31)18-37-39-32(40)20-12-14-21(15-13-20)38-33(41)30-28(35)22-7-3-5-9-26(22)45-30/h3-18H,2H2,1H3,(H,38,41)(H,39,40)/b37-18-. The number of nitrogens with one attached hydrogen (secondary N) is 2. The summed E-state index contributed by atoms with van der Waals surface area (Å²) in [5.74, 6) is -0.807. The minimum absolute atomic E-state index is 0.225. The van der Waals surface area contributed by atoms with Crippen molar-refractivity contribution in [3.05, 3.63) is 122 Å². The minimum Gasteiger partial charge on any atom is -0.490 e. The molecule has 4 aromatic carbocycles. The third-order valence-electron chi connectivity index (χ3n) is 6.72. The van der Waals surface area contributed by atoms with Gasteiger partial charge in [-0.15, -0.1) is 22.7 Å². The van der Waals surface area contributed by atoms with Crippen molar-refractivity contribution < 1.29 is 23.9 Å². The van der Waals surface area contributed by atoms with Crippen LogP contribution in [0.2, 0.25) is 10.0 Å². The van der Waals surface area contributed by atoms with Gasteiger partial charge in [-0.2, -0.15) is 5.10 Å². The maximum atomic E-state index is 13.0. The van der Waals surface area contributed by atoms with Crippen LogP contribution in [0, 0.1) is 0 Å². The zero-order chi connectivity index (χ0) is 32.2. The average Bonchev–Trinajstić information content (AvgIpc) is 3.59. The van der Waals surface area contributed by atoms with E-state index in [0.717, 1.165) is 20.2 Å². The molecule has 2 N–H and O–H groups in total. The van der Waals surface area contributed by atoms with Crippen molar-refractivity contribution >= 4 is 95.7 Å². The number of hydrogen-bond donors (Lipinski definition) is 2. The zero-order valence-corrected chi connectivity index (χ0v) is 27.2. The number of fused-ring (bicyclic) bond motifs is 2. The van der Waals surface area contributed by atoms with Crippen molar-refractivity contribution in [2.75, 3.05) is 11.9 Å². The Morgan fingerprint density at radius 1 is 0.783 bits per heavy atom. The largest absolute Gasteiger partial charge is 0.490 e. The molecule has 0 saturated carbocycles. The van der Waals surface area contributed by atoms with Crippen molar-refractivity contribution in [1.82, 2.24) is 5.43 Å². The van der Waals surface area contributed by atoms with Gasteiger partial charge in [-0.1, -0.05) is 59.6 Å². The quantitative estimate of drug-likeness (QED) is 0.0683. The van der Waals surface area contributed by atoms with E-state index in [1.807, 2.05) is 55.5 Å². The Balaban J connectivity index is 1.08. The van der Waals surface area contributed by atoms with E-state index < -0.39 is 11.9 Å². The molecular weight excluding hydrogens is 665 g/mol. The van der Waals surface area contributed by atoms with Crippen LogP contribution in [0.1, 0.15) is 42.2 Å². The zero-order valence-electron chi connectivity index (χ0n) is 24.0. The van der Waals surface area contributed by atoms with Gasteiger partial charge in [-0.3, -0.25) is 9.59 Å². The Bertz CT molecular complexity index is 2140. The lowest BCUT2D eigenvalue weighted by molar-refractivity contribution is 0.0733.